The van der Waals surface area contributed by atoms with E-state index < -0.39 is 5.82 Å². The Bertz CT molecular complexity index is 1100. The van der Waals surface area contributed by atoms with E-state index in [1.807, 2.05) is 0 Å². The average Bonchev–Trinajstić information content (AvgIpc) is 3.36. The highest BCUT2D eigenvalue weighted by atomic mass is 19.1. The molecule has 0 radical (unpaired) electrons. The quantitative estimate of drug-likeness (QED) is 0.683. The van der Waals surface area contributed by atoms with Gasteiger partial charge in [-0.1, -0.05) is 6.58 Å². The van der Waals surface area contributed by atoms with E-state index in [0.717, 1.165) is 24.1 Å². The Kier molecular flexibility index (Phi) is 4.43. The number of hydrogen-bond acceptors (Lipinski definition) is 5. The van der Waals surface area contributed by atoms with Crippen LogP contribution in [0.5, 0.6) is 5.75 Å². The molecule has 2 aliphatic heterocycles. The van der Waals surface area contributed by atoms with Crippen molar-refractivity contribution in [3.63, 3.8) is 0 Å². The Hall–Kier alpha value is -3.06. The summed E-state index contributed by atoms with van der Waals surface area (Å²) in [5.41, 5.74) is 2.87. The molecular weight excluding hydrogens is 381 g/mol. The summed E-state index contributed by atoms with van der Waals surface area (Å²) in [4.78, 5) is 12.9. The molecule has 0 saturated carbocycles. The van der Waals surface area contributed by atoms with Crippen molar-refractivity contribution in [3.8, 4) is 22.7 Å². The lowest BCUT2D eigenvalue weighted by molar-refractivity contribution is 0.261. The zero-order chi connectivity index (χ0) is 20.9. The Labute approximate surface area is 174 Å². The number of halogens is 1. The highest BCUT2D eigenvalue weighted by Crippen LogP contribution is 2.43. The van der Waals surface area contributed by atoms with Gasteiger partial charge in [-0.25, -0.2) is 9.37 Å². The zero-order valence-electron chi connectivity index (χ0n) is 16.8. The topological polar surface area (TPSA) is 75.9 Å². The van der Waals surface area contributed by atoms with Crippen LogP contribution in [0.2, 0.25) is 0 Å². The smallest absolute Gasteiger partial charge is 0.148 e. The molecule has 6 nitrogen and oxygen atoms in total. The second-order valence-corrected chi connectivity index (χ2v) is 8.68. The molecule has 2 N–H and O–H groups in total. The molecule has 4 heterocycles. The lowest BCUT2D eigenvalue weighted by Crippen LogP contribution is -2.47. The molecule has 1 aromatic carbocycles. The van der Waals surface area contributed by atoms with Crippen molar-refractivity contribution in [2.24, 2.45) is 5.92 Å². The lowest BCUT2D eigenvalue weighted by atomic mass is 9.80. The Morgan fingerprint density at radius 2 is 2.20 bits per heavy atom. The molecule has 0 spiro atoms. The van der Waals surface area contributed by atoms with Crippen molar-refractivity contribution in [3.05, 3.63) is 61.3 Å². The predicted molar refractivity (Wildman–Crippen MR) is 113 cm³/mol. The summed E-state index contributed by atoms with van der Waals surface area (Å²) in [6.07, 6.45) is 12.4. The standard InChI is InChI=1S/C23H24FN5O/c1-14(15-7-16-3-4-23(2,10-15)28-16)19-11-27-20(12-26-19)17-8-18(24)21(9-22(17)30)29-6-5-25-13-29/h5-6,8-9,11-13,15-16,28,30H,1,3-4,7,10H2,2H3/t15-,16-,23+/m1/s1. The van der Waals surface area contributed by atoms with Crippen LogP contribution >= 0.6 is 0 Å². The number of benzene rings is 1. The molecule has 0 aliphatic carbocycles. The van der Waals surface area contributed by atoms with Crippen LogP contribution in [0.25, 0.3) is 22.5 Å². The van der Waals surface area contributed by atoms with Crippen LogP contribution in [-0.4, -0.2) is 36.2 Å². The number of fused-ring (bicyclic) bond motifs is 2. The number of imidazole rings is 1. The maximum absolute atomic E-state index is 14.6. The minimum atomic E-state index is -0.477. The fraction of sp³-hybridized carbons (Fsp3) is 0.348. The lowest BCUT2D eigenvalue weighted by Gasteiger charge is -2.37. The second kappa shape index (κ2) is 7.02. The first kappa shape index (κ1) is 18.9. The number of phenols is 1. The third kappa shape index (κ3) is 3.29. The third-order valence-corrected chi connectivity index (χ3v) is 6.46. The minimum Gasteiger partial charge on any atom is -0.507 e. The maximum atomic E-state index is 14.6. The third-order valence-electron chi connectivity index (χ3n) is 6.46. The first-order valence-electron chi connectivity index (χ1n) is 10.2. The van der Waals surface area contributed by atoms with Crippen LogP contribution in [0.4, 0.5) is 4.39 Å². The number of nitrogens with one attached hydrogen (secondary N) is 1. The molecule has 5 rings (SSSR count). The molecule has 2 aliphatic rings. The predicted octanol–water partition coefficient (Wildman–Crippen LogP) is 4.11. The van der Waals surface area contributed by atoms with E-state index in [1.54, 1.807) is 24.8 Å². The fourth-order valence-corrected chi connectivity index (χ4v) is 4.90. The summed E-state index contributed by atoms with van der Waals surface area (Å²) in [5, 5.41) is 14.2. The van der Waals surface area contributed by atoms with E-state index in [4.69, 9.17) is 0 Å². The Balaban J connectivity index is 1.39. The van der Waals surface area contributed by atoms with Gasteiger partial charge in [-0.2, -0.15) is 0 Å². The number of allylic oxidation sites excluding steroid dienone is 1. The van der Waals surface area contributed by atoms with E-state index in [2.05, 4.69) is 33.8 Å². The van der Waals surface area contributed by atoms with Crippen LogP contribution < -0.4 is 5.32 Å². The van der Waals surface area contributed by atoms with Gasteiger partial charge >= 0.3 is 0 Å². The van der Waals surface area contributed by atoms with E-state index >= 15 is 0 Å². The highest BCUT2D eigenvalue weighted by Gasteiger charge is 2.42. The van der Waals surface area contributed by atoms with Gasteiger partial charge in [0.15, 0.2) is 0 Å². The van der Waals surface area contributed by atoms with Crippen molar-refractivity contribution >= 4 is 5.57 Å². The molecule has 2 aromatic heterocycles. The fourth-order valence-electron chi connectivity index (χ4n) is 4.90. The van der Waals surface area contributed by atoms with Crippen LogP contribution in [-0.2, 0) is 0 Å². The second-order valence-electron chi connectivity index (χ2n) is 8.68. The van der Waals surface area contributed by atoms with Crippen molar-refractivity contribution in [1.29, 1.82) is 0 Å². The van der Waals surface area contributed by atoms with Crippen LogP contribution in [0.15, 0.2) is 49.8 Å². The summed E-state index contributed by atoms with van der Waals surface area (Å²) in [6.45, 7) is 6.59. The van der Waals surface area contributed by atoms with Gasteiger partial charge in [0.05, 0.1) is 35.8 Å². The van der Waals surface area contributed by atoms with Gasteiger partial charge in [0, 0.05) is 35.6 Å². The van der Waals surface area contributed by atoms with Gasteiger partial charge < -0.3 is 15.0 Å². The maximum Gasteiger partial charge on any atom is 0.148 e. The molecule has 0 amide bonds. The van der Waals surface area contributed by atoms with E-state index in [-0.39, 0.29) is 17.0 Å². The van der Waals surface area contributed by atoms with E-state index in [0.29, 0.717) is 23.2 Å². The van der Waals surface area contributed by atoms with Gasteiger partial charge in [-0.05, 0) is 50.2 Å². The number of rotatable bonds is 4. The van der Waals surface area contributed by atoms with Crippen LogP contribution in [0.3, 0.4) is 0 Å². The van der Waals surface area contributed by atoms with Crippen molar-refractivity contribution in [1.82, 2.24) is 24.8 Å². The first-order valence-corrected chi connectivity index (χ1v) is 10.2. The molecule has 3 aromatic rings. The van der Waals surface area contributed by atoms with Gasteiger partial charge in [0.2, 0.25) is 0 Å². The van der Waals surface area contributed by atoms with Crippen molar-refractivity contribution in [2.45, 2.75) is 44.2 Å². The normalized spacial score (nSPS) is 25.4. The summed E-state index contributed by atoms with van der Waals surface area (Å²) in [6, 6.07) is 3.19. The van der Waals surface area contributed by atoms with Crippen LogP contribution in [0.1, 0.15) is 38.3 Å². The monoisotopic (exact) mass is 405 g/mol. The van der Waals surface area contributed by atoms with Gasteiger partial charge in [-0.15, -0.1) is 0 Å². The van der Waals surface area contributed by atoms with Crippen molar-refractivity contribution < 1.29 is 9.50 Å². The number of phenolic OH excluding ortho intramolecular Hbond substituents is 1. The Morgan fingerprint density at radius 3 is 2.90 bits per heavy atom. The van der Waals surface area contributed by atoms with Gasteiger partial charge in [0.25, 0.3) is 0 Å². The summed E-state index contributed by atoms with van der Waals surface area (Å²) >= 11 is 0. The van der Waals surface area contributed by atoms with Gasteiger partial charge in [0.1, 0.15) is 11.6 Å². The molecular formula is C23H24FN5O. The Morgan fingerprint density at radius 1 is 1.33 bits per heavy atom. The largest absolute Gasteiger partial charge is 0.507 e. The van der Waals surface area contributed by atoms with E-state index in [9.17, 15) is 9.50 Å². The van der Waals surface area contributed by atoms with E-state index in [1.165, 1.54) is 35.9 Å². The number of aromatic hydroxyl groups is 1. The first-order chi connectivity index (χ1) is 14.4. The number of hydrogen-bond donors (Lipinski definition) is 2. The molecule has 7 heteroatoms. The molecule has 154 valence electrons. The summed E-state index contributed by atoms with van der Waals surface area (Å²) < 4.78 is 16.1. The number of aromatic nitrogens is 4. The minimum absolute atomic E-state index is 0.0659. The molecule has 3 atom stereocenters. The average molecular weight is 405 g/mol. The molecule has 2 bridgehead atoms. The number of nitrogens with zero attached hydrogens (tertiary/aromatic N) is 4. The van der Waals surface area contributed by atoms with Gasteiger partial charge in [-0.3, -0.25) is 9.97 Å². The molecule has 2 fully saturated rings. The molecule has 0 unspecified atom stereocenters. The number of piperidine rings is 1. The van der Waals surface area contributed by atoms with Crippen molar-refractivity contribution in [2.75, 3.05) is 0 Å². The molecule has 30 heavy (non-hydrogen) atoms. The summed E-state index contributed by atoms with van der Waals surface area (Å²) in [5.74, 6) is -0.164. The van der Waals surface area contributed by atoms with Crippen LogP contribution in [0, 0.1) is 11.7 Å². The zero-order valence-corrected chi connectivity index (χ0v) is 16.8. The SMILES string of the molecule is C=C(c1cnc(-c2cc(F)c(-n3ccnc3)cc2O)cn1)[C@@H]1C[C@H]2CC[C@@](C)(C1)N2. The highest BCUT2D eigenvalue weighted by molar-refractivity contribution is 5.70. The molecule has 2 saturated heterocycles. The summed E-state index contributed by atoms with van der Waals surface area (Å²) in [7, 11) is 0.